The number of rotatable bonds is 6. The van der Waals surface area contributed by atoms with E-state index in [4.69, 9.17) is 4.74 Å². The number of urea groups is 1. The van der Waals surface area contributed by atoms with Crippen LogP contribution in [0.2, 0.25) is 0 Å². The van der Waals surface area contributed by atoms with Crippen LogP contribution in [0.5, 0.6) is 5.75 Å². The van der Waals surface area contributed by atoms with Crippen molar-refractivity contribution in [3.63, 3.8) is 0 Å². The molecule has 0 atom stereocenters. The van der Waals surface area contributed by atoms with E-state index in [0.29, 0.717) is 25.2 Å². The molecule has 2 rings (SSSR count). The molecule has 0 bridgehead atoms. The van der Waals surface area contributed by atoms with Gasteiger partial charge in [0.25, 0.3) is 0 Å². The smallest absolute Gasteiger partial charge is 0.319 e. The largest absolute Gasteiger partial charge is 0.497 e. The van der Waals surface area contributed by atoms with Gasteiger partial charge >= 0.3 is 6.03 Å². The number of ether oxygens (including phenoxy) is 1. The first kappa shape index (κ1) is 17.1. The van der Waals surface area contributed by atoms with Crippen molar-refractivity contribution in [3.8, 4) is 5.75 Å². The summed E-state index contributed by atoms with van der Waals surface area (Å²) in [7, 11) is 1.60. The number of nitrogens with zero attached hydrogens (tertiary/aromatic N) is 1. The van der Waals surface area contributed by atoms with E-state index in [1.54, 1.807) is 31.4 Å². The van der Waals surface area contributed by atoms with Gasteiger partial charge in [-0.25, -0.2) is 4.79 Å². The van der Waals surface area contributed by atoms with Gasteiger partial charge in [0.15, 0.2) is 0 Å². The molecule has 1 aromatic rings. The molecule has 0 aromatic heterocycles. The average molecular weight is 319 g/mol. The van der Waals surface area contributed by atoms with Crippen molar-refractivity contribution in [2.75, 3.05) is 32.1 Å². The molecular weight excluding hydrogens is 294 g/mol. The van der Waals surface area contributed by atoms with Gasteiger partial charge in [-0.1, -0.05) is 6.42 Å². The summed E-state index contributed by atoms with van der Waals surface area (Å²) in [5.41, 5.74) is 0.714. The van der Waals surface area contributed by atoms with Crippen molar-refractivity contribution in [2.45, 2.75) is 32.1 Å². The fraction of sp³-hybridized carbons (Fsp3) is 0.529. The summed E-state index contributed by atoms with van der Waals surface area (Å²) in [6, 6.07) is 6.92. The highest BCUT2D eigenvalue weighted by Crippen LogP contribution is 2.14. The third-order valence-corrected chi connectivity index (χ3v) is 3.91. The number of likely N-dealkylation sites (tertiary alicyclic amines) is 1. The van der Waals surface area contributed by atoms with E-state index in [-0.39, 0.29) is 11.9 Å². The SMILES string of the molecule is COc1ccc(NC(=O)NCCCN2CCCCCC2=O)cc1. The van der Waals surface area contributed by atoms with Gasteiger partial charge in [-0.3, -0.25) is 4.79 Å². The zero-order chi connectivity index (χ0) is 16.5. The first-order valence-electron chi connectivity index (χ1n) is 8.16. The number of methoxy groups -OCH3 is 1. The normalized spacial score (nSPS) is 15.0. The Morgan fingerprint density at radius 2 is 2.00 bits per heavy atom. The summed E-state index contributed by atoms with van der Waals surface area (Å²) in [4.78, 5) is 25.6. The number of hydrogen-bond donors (Lipinski definition) is 2. The molecule has 1 aliphatic heterocycles. The highest BCUT2D eigenvalue weighted by molar-refractivity contribution is 5.89. The maximum absolute atomic E-state index is 11.9. The number of amides is 3. The monoisotopic (exact) mass is 319 g/mol. The number of hydrogen-bond acceptors (Lipinski definition) is 3. The van der Waals surface area contributed by atoms with E-state index >= 15 is 0 Å². The van der Waals surface area contributed by atoms with Crippen molar-refractivity contribution >= 4 is 17.6 Å². The number of benzene rings is 1. The van der Waals surface area contributed by atoms with Gasteiger partial charge in [0.2, 0.25) is 5.91 Å². The minimum atomic E-state index is -0.239. The van der Waals surface area contributed by atoms with Gasteiger partial charge in [0, 0.05) is 31.7 Å². The maximum Gasteiger partial charge on any atom is 0.319 e. The number of carbonyl (C=O) groups is 2. The van der Waals surface area contributed by atoms with Gasteiger partial charge in [-0.05, 0) is 43.5 Å². The van der Waals surface area contributed by atoms with E-state index in [1.165, 1.54) is 0 Å². The lowest BCUT2D eigenvalue weighted by atomic mass is 10.2. The highest BCUT2D eigenvalue weighted by atomic mass is 16.5. The first-order chi connectivity index (χ1) is 11.2. The van der Waals surface area contributed by atoms with Crippen molar-refractivity contribution < 1.29 is 14.3 Å². The summed E-state index contributed by atoms with van der Waals surface area (Å²) in [6.07, 6.45) is 4.63. The molecule has 6 nitrogen and oxygen atoms in total. The number of nitrogens with one attached hydrogen (secondary N) is 2. The molecule has 0 spiro atoms. The highest BCUT2D eigenvalue weighted by Gasteiger charge is 2.15. The number of anilines is 1. The van der Waals surface area contributed by atoms with Crippen molar-refractivity contribution in [1.82, 2.24) is 10.2 Å². The van der Waals surface area contributed by atoms with Crippen LogP contribution in [0, 0.1) is 0 Å². The van der Waals surface area contributed by atoms with Crippen LogP contribution in [0.15, 0.2) is 24.3 Å². The Hall–Kier alpha value is -2.24. The predicted octanol–water partition coefficient (Wildman–Crippen LogP) is 2.61. The lowest BCUT2D eigenvalue weighted by Crippen LogP contribution is -2.35. The van der Waals surface area contributed by atoms with Gasteiger partial charge in [0.05, 0.1) is 7.11 Å². The molecule has 2 N–H and O–H groups in total. The van der Waals surface area contributed by atoms with Gasteiger partial charge < -0.3 is 20.3 Å². The zero-order valence-electron chi connectivity index (χ0n) is 13.6. The van der Waals surface area contributed by atoms with Crippen LogP contribution in [-0.2, 0) is 4.79 Å². The Morgan fingerprint density at radius 1 is 1.22 bits per heavy atom. The van der Waals surface area contributed by atoms with E-state index in [9.17, 15) is 9.59 Å². The Balaban J connectivity index is 1.65. The Morgan fingerprint density at radius 3 is 2.74 bits per heavy atom. The predicted molar refractivity (Wildman–Crippen MR) is 89.7 cm³/mol. The average Bonchev–Trinajstić information content (AvgIpc) is 2.77. The molecule has 126 valence electrons. The van der Waals surface area contributed by atoms with Crippen LogP contribution in [0.25, 0.3) is 0 Å². The minimum Gasteiger partial charge on any atom is -0.497 e. The Bertz CT molecular complexity index is 516. The molecule has 3 amide bonds. The molecule has 6 heteroatoms. The molecule has 1 heterocycles. The second-order valence-electron chi connectivity index (χ2n) is 5.65. The quantitative estimate of drug-likeness (QED) is 0.792. The number of carbonyl (C=O) groups excluding carboxylic acids is 2. The standard InChI is InChI=1S/C17H25N3O3/c1-23-15-9-7-14(8-10-15)19-17(22)18-11-5-13-20-12-4-2-3-6-16(20)21/h7-10H,2-6,11-13H2,1H3,(H2,18,19,22). The molecule has 0 radical (unpaired) electrons. The molecule has 1 aromatic carbocycles. The van der Waals surface area contributed by atoms with Gasteiger partial charge in [-0.15, -0.1) is 0 Å². The molecule has 0 unspecified atom stereocenters. The van der Waals surface area contributed by atoms with Crippen LogP contribution < -0.4 is 15.4 Å². The third-order valence-electron chi connectivity index (χ3n) is 3.91. The zero-order valence-corrected chi connectivity index (χ0v) is 13.6. The molecular formula is C17H25N3O3. The minimum absolute atomic E-state index is 0.239. The van der Waals surface area contributed by atoms with E-state index < -0.39 is 0 Å². The van der Waals surface area contributed by atoms with Crippen LogP contribution in [0.3, 0.4) is 0 Å². The Kier molecular flexibility index (Phi) is 6.72. The van der Waals surface area contributed by atoms with Crippen molar-refractivity contribution in [3.05, 3.63) is 24.3 Å². The second-order valence-corrected chi connectivity index (χ2v) is 5.65. The summed E-state index contributed by atoms with van der Waals surface area (Å²) >= 11 is 0. The summed E-state index contributed by atoms with van der Waals surface area (Å²) in [5, 5.41) is 5.57. The summed E-state index contributed by atoms with van der Waals surface area (Å²) in [6.45, 7) is 2.10. The molecule has 1 fully saturated rings. The van der Waals surface area contributed by atoms with Gasteiger partial charge in [0.1, 0.15) is 5.75 Å². The molecule has 0 aliphatic carbocycles. The Labute approximate surface area is 137 Å². The molecule has 1 saturated heterocycles. The second kappa shape index (κ2) is 9.02. The van der Waals surface area contributed by atoms with Crippen LogP contribution in [-0.4, -0.2) is 43.6 Å². The molecule has 23 heavy (non-hydrogen) atoms. The van der Waals surface area contributed by atoms with Crippen molar-refractivity contribution in [1.29, 1.82) is 0 Å². The third kappa shape index (κ3) is 5.81. The van der Waals surface area contributed by atoms with E-state index in [2.05, 4.69) is 10.6 Å². The van der Waals surface area contributed by atoms with Crippen LogP contribution in [0.4, 0.5) is 10.5 Å². The fourth-order valence-corrected chi connectivity index (χ4v) is 2.60. The van der Waals surface area contributed by atoms with Crippen molar-refractivity contribution in [2.24, 2.45) is 0 Å². The fourth-order valence-electron chi connectivity index (χ4n) is 2.60. The first-order valence-corrected chi connectivity index (χ1v) is 8.16. The summed E-state index contributed by atoms with van der Waals surface area (Å²) in [5.74, 6) is 0.989. The topological polar surface area (TPSA) is 70.7 Å². The van der Waals surface area contributed by atoms with Gasteiger partial charge in [-0.2, -0.15) is 0 Å². The van der Waals surface area contributed by atoms with Crippen LogP contribution >= 0.6 is 0 Å². The lowest BCUT2D eigenvalue weighted by Gasteiger charge is -2.20. The van der Waals surface area contributed by atoms with E-state index in [0.717, 1.165) is 38.0 Å². The van der Waals surface area contributed by atoms with Crippen LogP contribution in [0.1, 0.15) is 32.1 Å². The molecule has 0 saturated carbocycles. The summed E-state index contributed by atoms with van der Waals surface area (Å²) < 4.78 is 5.07. The molecule has 1 aliphatic rings. The maximum atomic E-state index is 11.9. The van der Waals surface area contributed by atoms with E-state index in [1.807, 2.05) is 4.90 Å². The lowest BCUT2D eigenvalue weighted by molar-refractivity contribution is -0.130.